The lowest BCUT2D eigenvalue weighted by Gasteiger charge is -2.27. The number of hydrogen-bond donors (Lipinski definition) is 3. The molecule has 0 aromatic heterocycles. The molecule has 3 aromatic rings. The first-order valence-electron chi connectivity index (χ1n) is 17.1. The van der Waals surface area contributed by atoms with E-state index in [1.807, 2.05) is 84.9 Å². The fourth-order valence-electron chi connectivity index (χ4n) is 6.08. The number of allylic oxidation sites excluding steroid dienone is 1. The lowest BCUT2D eigenvalue weighted by molar-refractivity contribution is -0.147. The molecule has 3 aromatic carbocycles. The fourth-order valence-corrected chi connectivity index (χ4v) is 6.08. The van der Waals surface area contributed by atoms with Crippen LogP contribution in [0.4, 0.5) is 4.79 Å². The number of nitrogens with one attached hydrogen (secondary N) is 2. The molecule has 0 radical (unpaired) electrons. The Morgan fingerprint density at radius 3 is 2.26 bits per heavy atom. The van der Waals surface area contributed by atoms with Gasteiger partial charge in [-0.3, -0.25) is 9.59 Å². The number of carbonyl (C=O) groups excluding carboxylic acids is 4. The third kappa shape index (κ3) is 10.9. The summed E-state index contributed by atoms with van der Waals surface area (Å²) in [5.74, 6) is -1.17. The first-order chi connectivity index (χ1) is 24.4. The van der Waals surface area contributed by atoms with E-state index in [0.29, 0.717) is 25.3 Å². The van der Waals surface area contributed by atoms with Gasteiger partial charge in [-0.05, 0) is 60.9 Å². The quantitative estimate of drug-likeness (QED) is 0.199. The third-order valence-corrected chi connectivity index (χ3v) is 8.88. The van der Waals surface area contributed by atoms with Gasteiger partial charge in [-0.2, -0.15) is 0 Å². The van der Waals surface area contributed by atoms with Gasteiger partial charge >= 0.3 is 12.1 Å². The first-order valence-corrected chi connectivity index (χ1v) is 17.1. The molecular formula is C39H45N3O8. The number of cyclic esters (lactones) is 1. The zero-order valence-corrected chi connectivity index (χ0v) is 28.1. The van der Waals surface area contributed by atoms with Crippen molar-refractivity contribution in [2.45, 2.75) is 69.9 Å². The lowest BCUT2D eigenvalue weighted by Crippen LogP contribution is -2.47. The molecule has 3 amide bonds. The smallest absolute Gasteiger partial charge is 0.408 e. The molecule has 264 valence electrons. The molecule has 2 aliphatic rings. The summed E-state index contributed by atoms with van der Waals surface area (Å²) in [7, 11) is 0. The van der Waals surface area contributed by atoms with Crippen LogP contribution in [-0.2, 0) is 43.5 Å². The van der Waals surface area contributed by atoms with Crippen molar-refractivity contribution in [2.75, 3.05) is 19.8 Å². The number of aliphatic hydroxyl groups excluding tert-OH is 1. The number of benzene rings is 3. The summed E-state index contributed by atoms with van der Waals surface area (Å²) in [5, 5.41) is 15.4. The fraction of sp³-hybridized carbons (Fsp3) is 0.385. The number of ether oxygens (including phenoxy) is 3. The van der Waals surface area contributed by atoms with Crippen LogP contribution in [-0.4, -0.2) is 71.8 Å². The highest BCUT2D eigenvalue weighted by molar-refractivity contribution is 5.86. The Morgan fingerprint density at radius 2 is 1.56 bits per heavy atom. The van der Waals surface area contributed by atoms with Crippen LogP contribution in [0.1, 0.15) is 48.8 Å². The van der Waals surface area contributed by atoms with E-state index in [9.17, 15) is 24.3 Å². The maximum Gasteiger partial charge on any atom is 0.408 e. The van der Waals surface area contributed by atoms with E-state index in [4.69, 9.17) is 14.2 Å². The van der Waals surface area contributed by atoms with Gasteiger partial charge in [0.2, 0.25) is 11.8 Å². The van der Waals surface area contributed by atoms with Crippen LogP contribution in [0.25, 0.3) is 0 Å². The summed E-state index contributed by atoms with van der Waals surface area (Å²) >= 11 is 0. The van der Waals surface area contributed by atoms with Gasteiger partial charge < -0.3 is 34.9 Å². The molecule has 0 bridgehead atoms. The lowest BCUT2D eigenvalue weighted by atomic mass is 9.97. The summed E-state index contributed by atoms with van der Waals surface area (Å²) in [6, 6.07) is 24.6. The number of rotatable bonds is 11. The molecule has 3 N–H and O–H groups in total. The molecule has 1 fully saturated rings. The number of alkyl carbamates (subject to hydrolysis) is 1. The van der Waals surface area contributed by atoms with Gasteiger partial charge in [0.05, 0.1) is 24.6 Å². The Kier molecular flexibility index (Phi) is 13.4. The van der Waals surface area contributed by atoms with Gasteiger partial charge in [0.25, 0.3) is 0 Å². The minimum Gasteiger partial charge on any atom is -0.489 e. The van der Waals surface area contributed by atoms with Crippen LogP contribution in [0.2, 0.25) is 0 Å². The Hall–Kier alpha value is -5.16. The Labute approximate surface area is 292 Å². The highest BCUT2D eigenvalue weighted by Crippen LogP contribution is 2.22. The molecule has 11 heteroatoms. The standard InChI is InChI=1S/C39H45N3O8/c43-24-33-15-9-21-42(33)36(44)23-31-14-7-8-16-35(41-39(47)50-26-30-12-5-2-6-13-30)38(46)49-27-32(40-37(31)45)22-28-17-19-34(20-18-28)48-25-29-10-3-1-4-11-29/h1-8,10-13,17-20,31-33,35,43H,9,14-16,21-27H2,(H,40,45)(H,41,47)/t31-,32+,33+,35-/m1/s1. The monoisotopic (exact) mass is 683 g/mol. The van der Waals surface area contributed by atoms with Gasteiger partial charge in [0.1, 0.15) is 31.6 Å². The largest absolute Gasteiger partial charge is 0.489 e. The average molecular weight is 684 g/mol. The molecule has 0 saturated carbocycles. The van der Waals surface area contributed by atoms with Crippen LogP contribution < -0.4 is 15.4 Å². The third-order valence-electron chi connectivity index (χ3n) is 8.88. The molecule has 11 nitrogen and oxygen atoms in total. The summed E-state index contributed by atoms with van der Waals surface area (Å²) in [6.07, 6.45) is 4.87. The van der Waals surface area contributed by atoms with Crippen molar-refractivity contribution in [3.63, 3.8) is 0 Å². The highest BCUT2D eigenvalue weighted by Gasteiger charge is 2.32. The zero-order chi connectivity index (χ0) is 35.1. The van der Waals surface area contributed by atoms with Crippen molar-refractivity contribution in [3.8, 4) is 5.75 Å². The van der Waals surface area contributed by atoms with E-state index in [-0.39, 0.29) is 56.9 Å². The molecule has 5 rings (SSSR count). The molecule has 2 aliphatic heterocycles. The number of nitrogens with zero attached hydrogens (tertiary/aromatic N) is 1. The van der Waals surface area contributed by atoms with Crippen molar-refractivity contribution < 1.29 is 38.5 Å². The minimum absolute atomic E-state index is 0.0277. The SMILES string of the molecule is O=C(N[C@@H]1CC=CC[C@H](CC(=O)N2CCC[C@H]2CO)C(=O)N[C@@H](Cc2ccc(OCc3ccccc3)cc2)COC1=O)OCc1ccccc1. The van der Waals surface area contributed by atoms with Crippen molar-refractivity contribution in [3.05, 3.63) is 114 Å². The van der Waals surface area contributed by atoms with Crippen LogP contribution in [0.15, 0.2) is 97.1 Å². The first kappa shape index (κ1) is 36.1. The summed E-state index contributed by atoms with van der Waals surface area (Å²) in [6.45, 7) is 0.740. The van der Waals surface area contributed by atoms with Gasteiger partial charge in [-0.15, -0.1) is 0 Å². The number of aliphatic hydroxyl groups is 1. The molecule has 1 saturated heterocycles. The molecule has 0 spiro atoms. The van der Waals surface area contributed by atoms with Crippen LogP contribution in [0.5, 0.6) is 5.75 Å². The average Bonchev–Trinajstić information content (AvgIpc) is 3.63. The molecule has 0 aliphatic carbocycles. The normalized spacial score (nSPS) is 21.3. The number of amides is 3. The van der Waals surface area contributed by atoms with E-state index < -0.39 is 30.1 Å². The topological polar surface area (TPSA) is 144 Å². The maximum atomic E-state index is 13.7. The van der Waals surface area contributed by atoms with E-state index in [1.165, 1.54) is 0 Å². The van der Waals surface area contributed by atoms with Crippen LogP contribution in [0, 0.1) is 5.92 Å². The Balaban J connectivity index is 1.27. The number of esters is 1. The maximum absolute atomic E-state index is 13.7. The van der Waals surface area contributed by atoms with Gasteiger partial charge in [0, 0.05) is 13.0 Å². The van der Waals surface area contributed by atoms with E-state index in [1.54, 1.807) is 17.1 Å². The molecule has 2 heterocycles. The predicted octanol–water partition coefficient (Wildman–Crippen LogP) is 4.47. The van der Waals surface area contributed by atoms with E-state index in [0.717, 1.165) is 29.5 Å². The second-order valence-electron chi connectivity index (χ2n) is 12.6. The summed E-state index contributed by atoms with van der Waals surface area (Å²) < 4.78 is 16.9. The summed E-state index contributed by atoms with van der Waals surface area (Å²) in [4.78, 5) is 54.6. The van der Waals surface area contributed by atoms with E-state index >= 15 is 0 Å². The number of carbonyl (C=O) groups is 4. The molecule has 0 unspecified atom stereocenters. The van der Waals surface area contributed by atoms with Gasteiger partial charge in [0.15, 0.2) is 0 Å². The van der Waals surface area contributed by atoms with Crippen LogP contribution >= 0.6 is 0 Å². The second-order valence-corrected chi connectivity index (χ2v) is 12.6. The van der Waals surface area contributed by atoms with Gasteiger partial charge in [-0.1, -0.05) is 84.9 Å². The van der Waals surface area contributed by atoms with Gasteiger partial charge in [-0.25, -0.2) is 9.59 Å². The van der Waals surface area contributed by atoms with Crippen molar-refractivity contribution in [1.29, 1.82) is 0 Å². The van der Waals surface area contributed by atoms with Crippen molar-refractivity contribution in [1.82, 2.24) is 15.5 Å². The highest BCUT2D eigenvalue weighted by atomic mass is 16.6. The predicted molar refractivity (Wildman–Crippen MR) is 186 cm³/mol. The number of likely N-dealkylation sites (tertiary alicyclic amines) is 1. The molecule has 4 atom stereocenters. The molecule has 50 heavy (non-hydrogen) atoms. The van der Waals surface area contributed by atoms with E-state index in [2.05, 4.69) is 10.6 Å². The van der Waals surface area contributed by atoms with Crippen LogP contribution in [0.3, 0.4) is 0 Å². The minimum atomic E-state index is -1.03. The second kappa shape index (κ2) is 18.6. The van der Waals surface area contributed by atoms with Crippen molar-refractivity contribution in [2.24, 2.45) is 5.92 Å². The molecular weight excluding hydrogens is 638 g/mol. The summed E-state index contributed by atoms with van der Waals surface area (Å²) in [5.41, 5.74) is 2.73. The number of hydrogen-bond acceptors (Lipinski definition) is 8. The van der Waals surface area contributed by atoms with Crippen molar-refractivity contribution >= 4 is 23.9 Å². The Morgan fingerprint density at radius 1 is 0.880 bits per heavy atom. The zero-order valence-electron chi connectivity index (χ0n) is 28.1. The Bertz CT molecular complexity index is 1580.